The number of anilines is 1. The number of carbonyl (C=O) groups is 1. The topological polar surface area (TPSA) is 81.2 Å². The maximum absolute atomic E-state index is 15.0. The van der Waals surface area contributed by atoms with Crippen LogP contribution in [0.1, 0.15) is 30.6 Å². The summed E-state index contributed by atoms with van der Waals surface area (Å²) in [6.45, 7) is 6.97. The summed E-state index contributed by atoms with van der Waals surface area (Å²) in [4.78, 5) is 24.9. The number of rotatable bonds is 3. The van der Waals surface area contributed by atoms with Gasteiger partial charge in [-0.3, -0.25) is 4.79 Å². The van der Waals surface area contributed by atoms with Crippen LogP contribution < -0.4 is 15.0 Å². The highest BCUT2D eigenvalue weighted by Crippen LogP contribution is 2.48. The zero-order chi connectivity index (χ0) is 25.1. The highest BCUT2D eigenvalue weighted by molar-refractivity contribution is 6.35. The molecule has 2 atom stereocenters. The lowest BCUT2D eigenvalue weighted by molar-refractivity contribution is 0.0606. The third kappa shape index (κ3) is 3.80. The second kappa shape index (κ2) is 8.80. The minimum absolute atomic E-state index is 0.0199. The summed E-state index contributed by atoms with van der Waals surface area (Å²) in [5.74, 6) is -0.530. The van der Waals surface area contributed by atoms with Crippen molar-refractivity contribution in [2.24, 2.45) is 0 Å². The molecule has 4 heterocycles. The van der Waals surface area contributed by atoms with Gasteiger partial charge in [0.25, 0.3) is 5.91 Å². The van der Waals surface area contributed by atoms with Crippen molar-refractivity contribution in [3.05, 3.63) is 34.6 Å². The molecule has 0 radical (unpaired) electrons. The summed E-state index contributed by atoms with van der Waals surface area (Å²) >= 11 is 6.79. The number of halogens is 2. The quantitative estimate of drug-likeness (QED) is 0.666. The van der Waals surface area contributed by atoms with Crippen molar-refractivity contribution in [3.63, 3.8) is 0 Å². The monoisotopic (exact) mass is 503 g/mol. The number of piperazine rings is 1. The molecule has 10 heteroatoms. The molecule has 2 aromatic rings. The predicted octanol–water partition coefficient (Wildman–Crippen LogP) is 2.97. The Balaban J connectivity index is 1.76. The first-order chi connectivity index (χ1) is 16.6. The summed E-state index contributed by atoms with van der Waals surface area (Å²) in [5.41, 5.74) is -0.137. The van der Waals surface area contributed by atoms with Crippen molar-refractivity contribution in [3.8, 4) is 22.8 Å². The zero-order valence-electron chi connectivity index (χ0n) is 20.4. The molecule has 0 spiro atoms. The van der Waals surface area contributed by atoms with Crippen LogP contribution >= 0.6 is 11.6 Å². The van der Waals surface area contributed by atoms with Gasteiger partial charge in [0.15, 0.2) is 5.75 Å². The molecule has 188 valence electrons. The van der Waals surface area contributed by atoms with Gasteiger partial charge in [-0.2, -0.15) is 0 Å². The molecule has 2 N–H and O–H groups in total. The lowest BCUT2D eigenvalue weighted by atomic mass is 9.94. The Bertz CT molecular complexity index is 1150. The molecule has 3 aliphatic rings. The van der Waals surface area contributed by atoms with Gasteiger partial charge >= 0.3 is 0 Å². The fraction of sp³-hybridized carbons (Fsp3) is 0.520. The molecule has 2 saturated heterocycles. The average molecular weight is 504 g/mol. The van der Waals surface area contributed by atoms with Gasteiger partial charge in [0.05, 0.1) is 17.1 Å². The van der Waals surface area contributed by atoms with E-state index in [9.17, 15) is 14.3 Å². The summed E-state index contributed by atoms with van der Waals surface area (Å²) in [5, 5.41) is 13.9. The van der Waals surface area contributed by atoms with Gasteiger partial charge in [-0.15, -0.1) is 0 Å². The van der Waals surface area contributed by atoms with Crippen molar-refractivity contribution in [1.29, 1.82) is 0 Å². The molecule has 0 aliphatic carbocycles. The van der Waals surface area contributed by atoms with Crippen LogP contribution in [0.5, 0.6) is 11.5 Å². The van der Waals surface area contributed by atoms with Gasteiger partial charge in [-0.1, -0.05) is 17.7 Å². The summed E-state index contributed by atoms with van der Waals surface area (Å²) < 4.78 is 21.2. The Labute approximate surface area is 209 Å². The number of hydrogen-bond donors (Lipinski definition) is 2. The Morgan fingerprint density at radius 2 is 2.06 bits per heavy atom. The first-order valence-corrected chi connectivity index (χ1v) is 12.3. The molecule has 2 unspecified atom stereocenters. The highest BCUT2D eigenvalue weighted by atomic mass is 35.5. The minimum atomic E-state index is -0.654. The van der Waals surface area contributed by atoms with Crippen molar-refractivity contribution in [1.82, 2.24) is 20.1 Å². The average Bonchev–Trinajstić information content (AvgIpc) is 3.04. The molecule has 5 rings (SSSR count). The van der Waals surface area contributed by atoms with Crippen molar-refractivity contribution in [2.75, 3.05) is 51.8 Å². The van der Waals surface area contributed by atoms with Crippen LogP contribution in [0.3, 0.4) is 0 Å². The van der Waals surface area contributed by atoms with Gasteiger partial charge in [0, 0.05) is 32.2 Å². The predicted molar refractivity (Wildman–Crippen MR) is 133 cm³/mol. The second-order valence-electron chi connectivity index (χ2n) is 10.2. The lowest BCUT2D eigenvalue weighted by Gasteiger charge is -2.40. The van der Waals surface area contributed by atoms with E-state index in [4.69, 9.17) is 21.3 Å². The molecular formula is C25H31ClFN5O3. The van der Waals surface area contributed by atoms with E-state index in [-0.39, 0.29) is 57.9 Å². The van der Waals surface area contributed by atoms with Gasteiger partial charge < -0.3 is 29.9 Å². The summed E-state index contributed by atoms with van der Waals surface area (Å²) in [6.07, 6.45) is 0.866. The zero-order valence-corrected chi connectivity index (χ0v) is 21.2. The highest BCUT2D eigenvalue weighted by Gasteiger charge is 2.47. The van der Waals surface area contributed by atoms with E-state index in [1.165, 1.54) is 18.2 Å². The fourth-order valence-electron chi connectivity index (χ4n) is 5.81. The molecular weight excluding hydrogens is 473 g/mol. The maximum atomic E-state index is 15.0. The number of amides is 1. The van der Waals surface area contributed by atoms with Crippen molar-refractivity contribution in [2.45, 2.75) is 37.9 Å². The Morgan fingerprint density at radius 1 is 1.29 bits per heavy atom. The molecule has 3 aliphatic heterocycles. The number of nitrogens with zero attached hydrogens (tertiary/aromatic N) is 4. The van der Waals surface area contributed by atoms with Crippen LogP contribution in [0.4, 0.5) is 10.2 Å². The van der Waals surface area contributed by atoms with E-state index in [2.05, 4.69) is 29.0 Å². The molecule has 0 saturated carbocycles. The first kappa shape index (κ1) is 24.1. The van der Waals surface area contributed by atoms with Crippen molar-refractivity contribution < 1.29 is 19.0 Å². The third-order valence-electron chi connectivity index (χ3n) is 7.57. The smallest absolute Gasteiger partial charge is 0.261 e. The largest absolute Gasteiger partial charge is 0.507 e. The molecule has 1 aromatic carbocycles. The number of pyridine rings is 1. The number of ether oxygens (including phenoxy) is 1. The number of aromatic nitrogens is 1. The number of nitrogens with one attached hydrogen (secondary N) is 1. The fourth-order valence-corrected chi connectivity index (χ4v) is 6.09. The number of carbonyl (C=O) groups excluding carboxylic acids is 1. The van der Waals surface area contributed by atoms with E-state index in [1.54, 1.807) is 0 Å². The number of aromatic hydroxyl groups is 1. The van der Waals surface area contributed by atoms with E-state index in [0.29, 0.717) is 37.6 Å². The van der Waals surface area contributed by atoms with Gasteiger partial charge in [-0.25, -0.2) is 9.37 Å². The number of hydrogen-bond acceptors (Lipinski definition) is 7. The summed E-state index contributed by atoms with van der Waals surface area (Å²) in [7, 11) is 4.07. The van der Waals surface area contributed by atoms with Crippen LogP contribution in [-0.2, 0) is 0 Å². The van der Waals surface area contributed by atoms with Crippen LogP contribution in [0.25, 0.3) is 11.3 Å². The number of likely N-dealkylation sites (N-methyl/N-ethyl adjacent to an activating group) is 1. The molecule has 2 fully saturated rings. The normalized spacial score (nSPS) is 23.7. The number of benzene rings is 1. The maximum Gasteiger partial charge on any atom is 0.261 e. The van der Waals surface area contributed by atoms with Crippen LogP contribution in [0.2, 0.25) is 5.02 Å². The molecule has 1 aromatic heterocycles. The molecule has 35 heavy (non-hydrogen) atoms. The van der Waals surface area contributed by atoms with E-state index in [0.717, 1.165) is 6.42 Å². The van der Waals surface area contributed by atoms with E-state index >= 15 is 0 Å². The Hall–Kier alpha value is -2.62. The third-order valence-corrected chi connectivity index (χ3v) is 7.92. The van der Waals surface area contributed by atoms with Gasteiger partial charge in [0.2, 0.25) is 0 Å². The first-order valence-electron chi connectivity index (χ1n) is 11.9. The van der Waals surface area contributed by atoms with Gasteiger partial charge in [0.1, 0.15) is 40.3 Å². The number of phenolic OH excluding ortho intramolecular Hbond substituents is 1. The van der Waals surface area contributed by atoms with E-state index < -0.39 is 5.82 Å². The van der Waals surface area contributed by atoms with Crippen LogP contribution in [0.15, 0.2) is 18.2 Å². The Morgan fingerprint density at radius 3 is 2.74 bits per heavy atom. The standard InChI is InChI=1S/C25H31ClFN5O3/c1-25(2)17(30(3)4)8-10-32(25)23-19-22(35-13-14-12-28-9-11-31(14)24(19)34)20(26)21(29-23)18-15(27)6-5-7-16(18)33/h5-7,14,17,28,33H,8-13H2,1-4H3. The molecule has 0 bridgehead atoms. The molecule has 8 nitrogen and oxygen atoms in total. The molecule has 1 amide bonds. The summed E-state index contributed by atoms with van der Waals surface area (Å²) in [6, 6.07) is 4.11. The second-order valence-corrected chi connectivity index (χ2v) is 10.6. The van der Waals surface area contributed by atoms with Crippen LogP contribution in [-0.4, -0.2) is 90.3 Å². The van der Waals surface area contributed by atoms with E-state index in [1.807, 2.05) is 19.0 Å². The van der Waals surface area contributed by atoms with Crippen molar-refractivity contribution >= 4 is 23.3 Å². The SMILES string of the molecule is CN(C)C1CCN(c2nc(-c3c(O)cccc3F)c(Cl)c3c2C(=O)N2CCNCC2CO3)C1(C)C. The Kier molecular flexibility index (Phi) is 6.05. The minimum Gasteiger partial charge on any atom is -0.507 e. The lowest BCUT2D eigenvalue weighted by Crippen LogP contribution is -2.55. The number of phenols is 1. The van der Waals surface area contributed by atoms with Crippen LogP contribution in [0, 0.1) is 5.82 Å². The number of fused-ring (bicyclic) bond motifs is 2. The van der Waals surface area contributed by atoms with Gasteiger partial charge in [-0.05, 0) is 46.5 Å².